The predicted molar refractivity (Wildman–Crippen MR) is 92.3 cm³/mol. The van der Waals surface area contributed by atoms with E-state index in [1.807, 2.05) is 43.3 Å². The van der Waals surface area contributed by atoms with Crippen LogP contribution in [0.15, 0.2) is 42.5 Å². The van der Waals surface area contributed by atoms with Crippen LogP contribution in [0.4, 0.5) is 5.69 Å². The second-order valence-electron chi connectivity index (χ2n) is 5.33. The van der Waals surface area contributed by atoms with Gasteiger partial charge in [-0.2, -0.15) is 0 Å². The van der Waals surface area contributed by atoms with Gasteiger partial charge in [0.2, 0.25) is 0 Å². The summed E-state index contributed by atoms with van der Waals surface area (Å²) in [4.78, 5) is 2.18. The minimum Gasteiger partial charge on any atom is -0.368 e. The molecule has 0 bridgehead atoms. The molecule has 2 nitrogen and oxygen atoms in total. The lowest BCUT2D eigenvalue weighted by molar-refractivity contribution is 0.739. The van der Waals surface area contributed by atoms with E-state index in [4.69, 9.17) is 28.9 Å². The van der Waals surface area contributed by atoms with E-state index < -0.39 is 0 Å². The van der Waals surface area contributed by atoms with Crippen molar-refractivity contribution in [3.8, 4) is 0 Å². The summed E-state index contributed by atoms with van der Waals surface area (Å²) >= 11 is 12.3. The Hall–Kier alpha value is -1.22. The maximum absolute atomic E-state index is 6.32. The lowest BCUT2D eigenvalue weighted by Crippen LogP contribution is -2.21. The van der Waals surface area contributed by atoms with Crippen LogP contribution < -0.4 is 10.6 Å². The van der Waals surface area contributed by atoms with Gasteiger partial charge in [-0.15, -0.1) is 0 Å². The van der Waals surface area contributed by atoms with Crippen LogP contribution in [0.1, 0.15) is 37.1 Å². The maximum atomic E-state index is 6.32. The maximum Gasteiger partial charge on any atom is 0.0511 e. The Morgan fingerprint density at radius 3 is 2.14 bits per heavy atom. The first-order valence-electron chi connectivity index (χ1n) is 6.93. The van der Waals surface area contributed by atoms with Gasteiger partial charge in [0.25, 0.3) is 0 Å². The molecule has 2 aromatic carbocycles. The minimum atomic E-state index is -0.0643. The Labute approximate surface area is 136 Å². The van der Waals surface area contributed by atoms with Crippen molar-refractivity contribution in [2.75, 3.05) is 11.9 Å². The molecule has 0 heterocycles. The molecule has 0 amide bonds. The number of rotatable bonds is 4. The van der Waals surface area contributed by atoms with Gasteiger partial charge in [-0.1, -0.05) is 41.4 Å². The van der Waals surface area contributed by atoms with E-state index in [1.165, 1.54) is 5.56 Å². The predicted octanol–water partition coefficient (Wildman–Crippen LogP) is 5.21. The highest BCUT2D eigenvalue weighted by Crippen LogP contribution is 2.31. The second kappa shape index (κ2) is 6.69. The molecule has 2 aromatic rings. The summed E-state index contributed by atoms with van der Waals surface area (Å²) in [5.41, 5.74) is 9.13. The second-order valence-corrected chi connectivity index (χ2v) is 6.18. The number of benzene rings is 2. The van der Waals surface area contributed by atoms with Crippen LogP contribution in [-0.2, 0) is 0 Å². The van der Waals surface area contributed by atoms with E-state index in [1.54, 1.807) is 0 Å². The van der Waals surface area contributed by atoms with Crippen molar-refractivity contribution in [1.29, 1.82) is 0 Å². The molecule has 21 heavy (non-hydrogen) atoms. The zero-order valence-corrected chi connectivity index (χ0v) is 14.0. The normalized spacial score (nSPS) is 13.8. The largest absolute Gasteiger partial charge is 0.368 e. The third kappa shape index (κ3) is 3.70. The van der Waals surface area contributed by atoms with Crippen LogP contribution in [0.3, 0.4) is 0 Å². The fraction of sp³-hybridized carbons (Fsp3) is 0.294. The van der Waals surface area contributed by atoms with Gasteiger partial charge in [-0.05, 0) is 49.2 Å². The molecule has 0 radical (unpaired) electrons. The summed E-state index contributed by atoms with van der Waals surface area (Å²) in [7, 11) is 2.05. The number of halogens is 2. The average molecular weight is 323 g/mol. The van der Waals surface area contributed by atoms with Gasteiger partial charge in [0.1, 0.15) is 0 Å². The van der Waals surface area contributed by atoms with Crippen molar-refractivity contribution in [3.05, 3.63) is 63.6 Å². The highest BCUT2D eigenvalue weighted by Gasteiger charge is 2.14. The average Bonchev–Trinajstić information content (AvgIpc) is 2.46. The third-order valence-corrected chi connectivity index (χ3v) is 4.39. The molecule has 2 rings (SSSR count). The van der Waals surface area contributed by atoms with Gasteiger partial charge >= 0.3 is 0 Å². The molecule has 112 valence electrons. The van der Waals surface area contributed by atoms with Gasteiger partial charge < -0.3 is 10.6 Å². The Morgan fingerprint density at radius 1 is 1.00 bits per heavy atom. The van der Waals surface area contributed by atoms with Crippen LogP contribution in [-0.4, -0.2) is 7.05 Å². The summed E-state index contributed by atoms with van der Waals surface area (Å²) in [6, 6.07) is 14.1. The van der Waals surface area contributed by atoms with E-state index >= 15 is 0 Å². The Kier molecular flexibility index (Phi) is 5.15. The van der Waals surface area contributed by atoms with Crippen LogP contribution in [0.5, 0.6) is 0 Å². The van der Waals surface area contributed by atoms with Crippen LogP contribution in [0.25, 0.3) is 0 Å². The molecule has 2 unspecified atom stereocenters. The fourth-order valence-corrected chi connectivity index (χ4v) is 2.77. The quantitative estimate of drug-likeness (QED) is 0.837. The minimum absolute atomic E-state index is 0.0643. The highest BCUT2D eigenvalue weighted by atomic mass is 35.5. The first-order chi connectivity index (χ1) is 9.90. The van der Waals surface area contributed by atoms with Gasteiger partial charge in [0, 0.05) is 28.8 Å². The van der Waals surface area contributed by atoms with Gasteiger partial charge in [0.05, 0.1) is 6.04 Å². The monoisotopic (exact) mass is 322 g/mol. The van der Waals surface area contributed by atoms with Crippen molar-refractivity contribution >= 4 is 28.9 Å². The number of nitrogens with two attached hydrogens (primary N) is 1. The van der Waals surface area contributed by atoms with E-state index in [0.29, 0.717) is 5.02 Å². The molecule has 4 heteroatoms. The Balaban J connectivity index is 2.25. The Bertz CT molecular complexity index is 609. The lowest BCUT2D eigenvalue weighted by atomic mass is 10.1. The van der Waals surface area contributed by atoms with E-state index in [0.717, 1.165) is 16.3 Å². The SMILES string of the molecule is CC(N)c1ccc(N(C)C(C)c2ccc(Cl)cc2)cc1Cl. The number of nitrogens with zero attached hydrogens (tertiary/aromatic N) is 1. The summed E-state index contributed by atoms with van der Waals surface area (Å²) < 4.78 is 0. The summed E-state index contributed by atoms with van der Waals surface area (Å²) in [6.07, 6.45) is 0. The lowest BCUT2D eigenvalue weighted by Gasteiger charge is -2.28. The molecular formula is C17H20Cl2N2. The zero-order chi connectivity index (χ0) is 15.6. The number of hydrogen-bond acceptors (Lipinski definition) is 2. The van der Waals surface area contributed by atoms with Crippen LogP contribution in [0.2, 0.25) is 10.0 Å². The molecule has 0 saturated carbocycles. The summed E-state index contributed by atoms with van der Waals surface area (Å²) in [6.45, 7) is 4.08. The van der Waals surface area contributed by atoms with Gasteiger partial charge in [-0.25, -0.2) is 0 Å². The first kappa shape index (κ1) is 16.2. The molecular weight excluding hydrogens is 303 g/mol. The molecule has 0 fully saturated rings. The third-order valence-electron chi connectivity index (χ3n) is 3.82. The molecule has 0 aliphatic rings. The number of hydrogen-bond donors (Lipinski definition) is 1. The van der Waals surface area contributed by atoms with Crippen molar-refractivity contribution in [1.82, 2.24) is 0 Å². The van der Waals surface area contributed by atoms with Crippen LogP contribution in [0, 0.1) is 0 Å². The standard InChI is InChI=1S/C17H20Cl2N2/c1-11(20)16-9-8-15(10-17(16)19)21(3)12(2)13-4-6-14(18)7-5-13/h4-12H,20H2,1-3H3. The van der Waals surface area contributed by atoms with Crippen molar-refractivity contribution in [2.45, 2.75) is 25.9 Å². The number of anilines is 1. The fourth-order valence-electron chi connectivity index (χ4n) is 2.29. The zero-order valence-electron chi connectivity index (χ0n) is 12.5. The molecule has 0 spiro atoms. The Morgan fingerprint density at radius 2 is 1.62 bits per heavy atom. The molecule has 2 atom stereocenters. The molecule has 0 saturated heterocycles. The van der Waals surface area contributed by atoms with E-state index in [-0.39, 0.29) is 12.1 Å². The van der Waals surface area contributed by atoms with Crippen molar-refractivity contribution < 1.29 is 0 Å². The topological polar surface area (TPSA) is 29.3 Å². The van der Waals surface area contributed by atoms with E-state index in [9.17, 15) is 0 Å². The molecule has 0 aliphatic carbocycles. The van der Waals surface area contributed by atoms with Crippen molar-refractivity contribution in [3.63, 3.8) is 0 Å². The summed E-state index contributed by atoms with van der Waals surface area (Å²) in [5, 5.41) is 1.45. The highest BCUT2D eigenvalue weighted by molar-refractivity contribution is 6.31. The molecule has 0 aliphatic heterocycles. The van der Waals surface area contributed by atoms with Crippen LogP contribution >= 0.6 is 23.2 Å². The van der Waals surface area contributed by atoms with Crippen molar-refractivity contribution in [2.24, 2.45) is 5.73 Å². The van der Waals surface area contributed by atoms with E-state index in [2.05, 4.69) is 24.9 Å². The van der Waals surface area contributed by atoms with Gasteiger partial charge in [0.15, 0.2) is 0 Å². The molecule has 0 aromatic heterocycles. The first-order valence-corrected chi connectivity index (χ1v) is 7.69. The van der Waals surface area contributed by atoms with Gasteiger partial charge in [-0.3, -0.25) is 0 Å². The summed E-state index contributed by atoms with van der Waals surface area (Å²) in [5.74, 6) is 0. The smallest absolute Gasteiger partial charge is 0.0511 e. The molecule has 2 N–H and O–H groups in total.